The van der Waals surface area contributed by atoms with E-state index in [9.17, 15) is 77.1 Å². The molecular weight excluding hydrogens is 1190 g/mol. The van der Waals surface area contributed by atoms with Crippen molar-refractivity contribution >= 4 is 35.4 Å². The van der Waals surface area contributed by atoms with Gasteiger partial charge in [0.25, 0.3) is 74.7 Å². The first-order valence-electron chi connectivity index (χ1n) is 24.9. The summed E-state index contributed by atoms with van der Waals surface area (Å²) in [6.07, 6.45) is 0. The Labute approximate surface area is 502 Å². The van der Waals surface area contributed by atoms with E-state index in [1.54, 1.807) is 30.3 Å². The van der Waals surface area contributed by atoms with Crippen molar-refractivity contribution in [3.05, 3.63) is 281 Å². The van der Waals surface area contributed by atoms with Crippen LogP contribution in [0.5, 0.6) is 0 Å². The molecule has 6 aromatic rings. The summed E-state index contributed by atoms with van der Waals surface area (Å²) in [4.78, 5) is 82.5. The van der Waals surface area contributed by atoms with Crippen molar-refractivity contribution in [1.82, 2.24) is 31.9 Å². The van der Waals surface area contributed by atoms with Gasteiger partial charge in [-0.25, -0.2) is 87.7 Å². The van der Waals surface area contributed by atoms with Crippen LogP contribution in [-0.4, -0.2) is 74.7 Å². The molecule has 462 valence electrons. The molecule has 0 atom stereocenters. The minimum Gasteiger partial charge on any atom is -0.346 e. The molecule has 0 saturated heterocycles. The third kappa shape index (κ3) is 32.2. The number of nitrogens with one attached hydrogen (secondary N) is 6. The maximum Gasteiger partial charge on any atom is 0.300 e. The molecular formula is C60H49F11N12O6. The highest BCUT2D eigenvalue weighted by molar-refractivity contribution is 5.81. The summed E-state index contributed by atoms with van der Waals surface area (Å²) in [6.45, 7) is 36.4. The number of hydrogen-bond donors (Lipinski definition) is 6. The average molecular weight is 1240 g/mol. The minimum absolute atomic E-state index is 0.0412. The normalized spacial score (nSPS) is 9.36. The van der Waals surface area contributed by atoms with E-state index < -0.39 is 94.6 Å². The van der Waals surface area contributed by atoms with Gasteiger partial charge in [0.05, 0.1) is 0 Å². The highest BCUT2D eigenvalue weighted by Crippen LogP contribution is 2.16. The molecule has 0 aliphatic rings. The van der Waals surface area contributed by atoms with Crippen LogP contribution in [0.25, 0.3) is 29.1 Å². The predicted molar refractivity (Wildman–Crippen MR) is 298 cm³/mol. The third-order valence-electron chi connectivity index (χ3n) is 10.2. The molecule has 6 aromatic carbocycles. The van der Waals surface area contributed by atoms with Crippen LogP contribution in [0.15, 0.2) is 115 Å². The summed E-state index contributed by atoms with van der Waals surface area (Å²) >= 11 is 0. The Balaban J connectivity index is 0.000000534. The fourth-order valence-corrected chi connectivity index (χ4v) is 6.00. The number of benzene rings is 6. The minimum atomic E-state index is -1.07. The molecule has 6 N–H and O–H groups in total. The number of nitrogens with zero attached hydrogens (tertiary/aromatic N) is 6. The first kappa shape index (κ1) is 75.3. The third-order valence-corrected chi connectivity index (χ3v) is 10.2. The first-order chi connectivity index (χ1) is 42.4. The Morgan fingerprint density at radius 3 is 1.04 bits per heavy atom. The van der Waals surface area contributed by atoms with Crippen LogP contribution in [0.4, 0.5) is 48.3 Å². The molecule has 0 radical (unpaired) electrons. The molecule has 0 bridgehead atoms. The molecule has 18 nitrogen and oxygen atoms in total. The van der Waals surface area contributed by atoms with Gasteiger partial charge in [0, 0.05) is 85.3 Å². The zero-order valence-electron chi connectivity index (χ0n) is 46.2. The monoisotopic (exact) mass is 1240 g/mol. The van der Waals surface area contributed by atoms with Gasteiger partial charge in [0.15, 0.2) is 11.6 Å². The standard InChI is InChI=1S/C10H7F3N2O.3C10H8F2N2O.2C10H9FN2O/c1-14-5-10(16)15-4-7-8(12)2-6(11)3-9(7)13;1-13-6-10(15)14-5-7-2-3-8(11)4-9(7)12;1-13-6-10(15)14-5-7-8(11)3-2-4-9(7)12;1-13-6-9(15)14-5-7-3-2-4-8(11)10(7)12;1-12-7-10(14)13-6-8-3-2-4-9(11)5-8;1-12-7-10(14)13-6-8-4-2-3-5-9(8)11/h2-3H,4-5H2,(H,15,16);3*2-4H,5-6H2,(H,14,15);2*2-5H,6-7H2,(H,13,14). The van der Waals surface area contributed by atoms with Gasteiger partial charge in [0.2, 0.25) is 0 Å². The van der Waals surface area contributed by atoms with Crippen molar-refractivity contribution in [3.63, 3.8) is 0 Å². The van der Waals surface area contributed by atoms with E-state index in [1.165, 1.54) is 42.5 Å². The molecule has 0 heterocycles. The fraction of sp³-hybridized carbons (Fsp3) is 0.200. The van der Waals surface area contributed by atoms with E-state index >= 15 is 0 Å². The van der Waals surface area contributed by atoms with Gasteiger partial charge in [0.1, 0.15) is 52.4 Å². The highest BCUT2D eigenvalue weighted by Gasteiger charge is 2.15. The van der Waals surface area contributed by atoms with Crippen molar-refractivity contribution in [1.29, 1.82) is 0 Å². The zero-order chi connectivity index (χ0) is 66.7. The van der Waals surface area contributed by atoms with Crippen LogP contribution in [-0.2, 0) is 68.0 Å². The van der Waals surface area contributed by atoms with Crippen molar-refractivity contribution < 1.29 is 77.1 Å². The number of carbonyl (C=O) groups excluding carboxylic acids is 6. The quantitative estimate of drug-likeness (QED) is 0.0367. The molecule has 0 saturated carbocycles. The summed E-state index contributed by atoms with van der Waals surface area (Å²) < 4.78 is 142. The van der Waals surface area contributed by atoms with E-state index in [0.29, 0.717) is 23.3 Å². The van der Waals surface area contributed by atoms with Crippen LogP contribution in [0, 0.1) is 103 Å². The summed E-state index contributed by atoms with van der Waals surface area (Å²) in [5, 5.41) is 14.0. The second-order valence-electron chi connectivity index (χ2n) is 16.8. The second-order valence-corrected chi connectivity index (χ2v) is 16.8. The van der Waals surface area contributed by atoms with Gasteiger partial charge < -0.3 is 61.0 Å². The van der Waals surface area contributed by atoms with Crippen LogP contribution >= 0.6 is 0 Å². The lowest BCUT2D eigenvalue weighted by Crippen LogP contribution is -2.25. The number of rotatable bonds is 18. The fourth-order valence-electron chi connectivity index (χ4n) is 6.00. The maximum atomic E-state index is 13.1. The molecule has 6 rings (SSSR count). The Kier molecular flexibility index (Phi) is 36.4. The van der Waals surface area contributed by atoms with Crippen LogP contribution in [0.3, 0.4) is 0 Å². The molecule has 6 amide bonds. The lowest BCUT2D eigenvalue weighted by atomic mass is 10.2. The number of halogens is 11. The first-order valence-corrected chi connectivity index (χ1v) is 24.9. The Bertz CT molecular complexity index is 3610. The zero-order valence-corrected chi connectivity index (χ0v) is 46.2. The smallest absolute Gasteiger partial charge is 0.300 e. The topological polar surface area (TPSA) is 201 Å². The summed E-state index contributed by atoms with van der Waals surface area (Å²) in [6, 6.07) is 23.5. The van der Waals surface area contributed by atoms with E-state index in [4.69, 9.17) is 39.4 Å². The number of hydrogen-bond acceptors (Lipinski definition) is 6. The Hall–Kier alpha value is -11.7. The molecule has 0 fully saturated rings. The molecule has 0 aromatic heterocycles. The van der Waals surface area contributed by atoms with Gasteiger partial charge >= 0.3 is 0 Å². The summed E-state index contributed by atoms with van der Waals surface area (Å²) in [5.74, 6) is -11.5. The number of amides is 6. The SMILES string of the molecule is [C-]#[N+]CC(=O)NCc1c(F)cc(F)cc1F.[C-]#[N+]CC(=O)NCc1c(F)cccc1F.[C-]#[N+]CC(=O)NCc1ccc(F)cc1F.[C-]#[N+]CC(=O)NCc1cccc(F)c1.[C-]#[N+]CC(=O)NCc1cccc(F)c1F.[C-]#[N+]CC(=O)NCc1ccccc1F. The van der Waals surface area contributed by atoms with Crippen LogP contribution in [0.2, 0.25) is 0 Å². The van der Waals surface area contributed by atoms with Gasteiger partial charge in [-0.05, 0) is 48.0 Å². The van der Waals surface area contributed by atoms with Crippen molar-refractivity contribution in [3.8, 4) is 0 Å². The molecule has 89 heavy (non-hydrogen) atoms. The highest BCUT2D eigenvalue weighted by atomic mass is 19.2. The molecule has 29 heteroatoms. The van der Waals surface area contributed by atoms with Crippen molar-refractivity contribution in [2.45, 2.75) is 39.3 Å². The Morgan fingerprint density at radius 1 is 0.292 bits per heavy atom. The average Bonchev–Trinajstić information content (AvgIpc) is 3.42. The van der Waals surface area contributed by atoms with E-state index in [-0.39, 0.29) is 106 Å². The lowest BCUT2D eigenvalue weighted by Gasteiger charge is -2.05. The maximum absolute atomic E-state index is 13.1. The van der Waals surface area contributed by atoms with Gasteiger partial charge in [-0.15, -0.1) is 0 Å². The summed E-state index contributed by atoms with van der Waals surface area (Å²) in [7, 11) is 0. The summed E-state index contributed by atoms with van der Waals surface area (Å²) in [5.41, 5.74) is 0.729. The Morgan fingerprint density at radius 2 is 0.618 bits per heavy atom. The predicted octanol–water partition coefficient (Wildman–Crippen LogP) is 8.86. The molecule has 0 aliphatic carbocycles. The molecule has 0 aliphatic heterocycles. The van der Waals surface area contributed by atoms with Crippen molar-refractivity contribution in [2.24, 2.45) is 0 Å². The van der Waals surface area contributed by atoms with E-state index in [2.05, 4.69) is 61.0 Å². The number of carbonyl (C=O) groups is 6. The largest absolute Gasteiger partial charge is 0.346 e. The van der Waals surface area contributed by atoms with Gasteiger partial charge in [-0.3, -0.25) is 28.8 Å². The van der Waals surface area contributed by atoms with Crippen LogP contribution < -0.4 is 31.9 Å². The molecule has 0 spiro atoms. The van der Waals surface area contributed by atoms with Gasteiger partial charge in [-0.2, -0.15) is 0 Å². The van der Waals surface area contributed by atoms with E-state index in [1.807, 2.05) is 0 Å². The lowest BCUT2D eigenvalue weighted by molar-refractivity contribution is -0.120. The second kappa shape index (κ2) is 43.0. The molecule has 0 unspecified atom stereocenters. The van der Waals surface area contributed by atoms with E-state index in [0.717, 1.165) is 30.3 Å². The van der Waals surface area contributed by atoms with Gasteiger partial charge in [-0.1, -0.05) is 54.6 Å². The van der Waals surface area contributed by atoms with Crippen LogP contribution in [0.1, 0.15) is 33.4 Å². The van der Waals surface area contributed by atoms with Crippen molar-refractivity contribution in [2.75, 3.05) is 39.3 Å².